The predicted molar refractivity (Wildman–Crippen MR) is 110 cm³/mol. The van der Waals surface area contributed by atoms with Crippen LogP contribution in [-0.4, -0.2) is 38.4 Å². The molecule has 5 heteroatoms. The Morgan fingerprint density at radius 2 is 1.82 bits per heavy atom. The lowest BCUT2D eigenvalue weighted by Gasteiger charge is -2.32. The van der Waals surface area contributed by atoms with Gasteiger partial charge in [-0.15, -0.1) is 0 Å². The fourth-order valence-corrected chi connectivity index (χ4v) is 4.20. The topological polar surface area (TPSA) is 53.9 Å². The van der Waals surface area contributed by atoms with Crippen molar-refractivity contribution in [3.05, 3.63) is 84.6 Å². The van der Waals surface area contributed by atoms with Gasteiger partial charge >= 0.3 is 0 Å². The molecule has 28 heavy (non-hydrogen) atoms. The summed E-state index contributed by atoms with van der Waals surface area (Å²) in [5.74, 6) is 0.623. The lowest BCUT2D eigenvalue weighted by atomic mass is 9.89. The van der Waals surface area contributed by atoms with E-state index in [4.69, 9.17) is 0 Å². The number of benzene rings is 2. The molecule has 3 heterocycles. The van der Waals surface area contributed by atoms with E-state index in [1.54, 1.807) is 12.5 Å². The largest absolute Gasteiger partial charge is 0.361 e. The van der Waals surface area contributed by atoms with Crippen LogP contribution in [0.1, 0.15) is 34.7 Å². The van der Waals surface area contributed by atoms with E-state index in [-0.39, 0.29) is 5.91 Å². The van der Waals surface area contributed by atoms with E-state index in [0.29, 0.717) is 5.92 Å². The summed E-state index contributed by atoms with van der Waals surface area (Å²) < 4.78 is 1.93. The smallest absolute Gasteiger partial charge is 0.253 e. The number of H-pyrrole nitrogens is 1. The van der Waals surface area contributed by atoms with E-state index in [0.717, 1.165) is 37.2 Å². The van der Waals surface area contributed by atoms with Gasteiger partial charge in [-0.1, -0.05) is 18.2 Å². The molecule has 5 rings (SSSR count). The quantitative estimate of drug-likeness (QED) is 0.582. The number of nitrogens with one attached hydrogen (secondary N) is 1. The molecule has 1 aliphatic heterocycles. The van der Waals surface area contributed by atoms with Crippen LogP contribution in [0.25, 0.3) is 16.6 Å². The number of piperidine rings is 1. The summed E-state index contributed by atoms with van der Waals surface area (Å²) in [6.07, 6.45) is 9.54. The van der Waals surface area contributed by atoms with Crippen LogP contribution in [0.5, 0.6) is 0 Å². The summed E-state index contributed by atoms with van der Waals surface area (Å²) in [5.41, 5.74) is 4.32. The van der Waals surface area contributed by atoms with Crippen LogP contribution in [0.2, 0.25) is 0 Å². The van der Waals surface area contributed by atoms with Crippen molar-refractivity contribution in [2.45, 2.75) is 18.8 Å². The number of aromatic amines is 1. The van der Waals surface area contributed by atoms with Crippen LogP contribution in [0.3, 0.4) is 0 Å². The molecular weight excluding hydrogens is 348 g/mol. The molecule has 0 spiro atoms. The molecule has 0 radical (unpaired) electrons. The van der Waals surface area contributed by atoms with Gasteiger partial charge in [0.25, 0.3) is 5.91 Å². The minimum Gasteiger partial charge on any atom is -0.361 e. The molecule has 4 aromatic rings. The highest BCUT2D eigenvalue weighted by Gasteiger charge is 2.26. The lowest BCUT2D eigenvalue weighted by molar-refractivity contribution is 0.0713. The molecule has 2 aromatic carbocycles. The third-order valence-electron chi connectivity index (χ3n) is 5.76. The molecule has 0 atom stereocenters. The van der Waals surface area contributed by atoms with Crippen LogP contribution in [0.15, 0.2) is 73.4 Å². The Kier molecular flexibility index (Phi) is 4.20. The third-order valence-corrected chi connectivity index (χ3v) is 5.76. The third kappa shape index (κ3) is 2.99. The summed E-state index contributed by atoms with van der Waals surface area (Å²) in [5, 5.41) is 1.31. The van der Waals surface area contributed by atoms with E-state index in [2.05, 4.69) is 40.4 Å². The summed E-state index contributed by atoms with van der Waals surface area (Å²) in [6, 6.07) is 16.2. The maximum Gasteiger partial charge on any atom is 0.253 e. The maximum absolute atomic E-state index is 12.9. The monoisotopic (exact) mass is 370 g/mol. The van der Waals surface area contributed by atoms with Crippen molar-refractivity contribution in [1.29, 1.82) is 0 Å². The Labute approximate surface area is 163 Å². The molecule has 0 aliphatic carbocycles. The Bertz CT molecular complexity index is 1090. The Morgan fingerprint density at radius 3 is 2.57 bits per heavy atom. The van der Waals surface area contributed by atoms with E-state index in [9.17, 15) is 4.79 Å². The van der Waals surface area contributed by atoms with Crippen LogP contribution in [0, 0.1) is 0 Å². The van der Waals surface area contributed by atoms with E-state index >= 15 is 0 Å². The standard InChI is InChI=1S/C23H22N4O/c28-23(18-5-7-19(8-6-18)27-14-11-24-16-27)26-12-9-17(10-13-26)21-15-25-22-4-2-1-3-20(21)22/h1-8,11,14-17,25H,9-10,12-13H2. The molecule has 1 saturated heterocycles. The van der Waals surface area contributed by atoms with Crippen molar-refractivity contribution in [3.8, 4) is 5.69 Å². The number of nitrogens with zero attached hydrogens (tertiary/aromatic N) is 3. The number of likely N-dealkylation sites (tertiary alicyclic amines) is 1. The summed E-state index contributed by atoms with van der Waals surface area (Å²) >= 11 is 0. The molecular formula is C23H22N4O. The van der Waals surface area contributed by atoms with Crippen LogP contribution in [0.4, 0.5) is 0 Å². The number of para-hydroxylation sites is 1. The van der Waals surface area contributed by atoms with Gasteiger partial charge in [-0.25, -0.2) is 4.98 Å². The molecule has 1 N–H and O–H groups in total. The van der Waals surface area contributed by atoms with Gasteiger partial charge in [0, 0.05) is 53.8 Å². The molecule has 2 aromatic heterocycles. The number of amides is 1. The van der Waals surface area contributed by atoms with Crippen molar-refractivity contribution in [2.24, 2.45) is 0 Å². The molecule has 0 bridgehead atoms. The SMILES string of the molecule is O=C(c1ccc(-n2ccnc2)cc1)N1CCC(c2c[nH]c3ccccc23)CC1. The molecule has 0 saturated carbocycles. The second kappa shape index (κ2) is 7.00. The minimum atomic E-state index is 0.120. The highest BCUT2D eigenvalue weighted by Crippen LogP contribution is 2.33. The molecule has 140 valence electrons. The van der Waals surface area contributed by atoms with Gasteiger partial charge in [0.05, 0.1) is 6.33 Å². The minimum absolute atomic E-state index is 0.120. The summed E-state index contributed by atoms with van der Waals surface area (Å²) in [7, 11) is 0. The zero-order valence-electron chi connectivity index (χ0n) is 15.6. The lowest BCUT2D eigenvalue weighted by Crippen LogP contribution is -2.37. The molecule has 0 unspecified atom stereocenters. The Hall–Kier alpha value is -3.34. The van der Waals surface area contributed by atoms with Gasteiger partial charge in [0.2, 0.25) is 0 Å². The average molecular weight is 370 g/mol. The highest BCUT2D eigenvalue weighted by molar-refractivity contribution is 5.94. The highest BCUT2D eigenvalue weighted by atomic mass is 16.2. The number of hydrogen-bond donors (Lipinski definition) is 1. The normalized spacial score (nSPS) is 15.2. The Balaban J connectivity index is 1.27. The number of aromatic nitrogens is 3. The molecule has 1 fully saturated rings. The Morgan fingerprint density at radius 1 is 1.04 bits per heavy atom. The summed E-state index contributed by atoms with van der Waals surface area (Å²) in [4.78, 5) is 22.3. The average Bonchev–Trinajstić information content (AvgIpc) is 3.44. The van der Waals surface area contributed by atoms with E-state index < -0.39 is 0 Å². The van der Waals surface area contributed by atoms with Gasteiger partial charge in [0.15, 0.2) is 0 Å². The number of carbonyl (C=O) groups excluding carboxylic acids is 1. The van der Waals surface area contributed by atoms with Gasteiger partial charge in [-0.05, 0) is 54.7 Å². The zero-order chi connectivity index (χ0) is 18.9. The first kappa shape index (κ1) is 16.8. The van der Waals surface area contributed by atoms with Crippen LogP contribution >= 0.6 is 0 Å². The number of imidazole rings is 1. The first-order valence-electron chi connectivity index (χ1n) is 9.73. The fourth-order valence-electron chi connectivity index (χ4n) is 4.20. The van der Waals surface area contributed by atoms with Crippen LogP contribution in [-0.2, 0) is 0 Å². The maximum atomic E-state index is 12.9. The second-order valence-corrected chi connectivity index (χ2v) is 7.37. The van der Waals surface area contributed by atoms with E-state index in [1.165, 1.54) is 16.5 Å². The number of fused-ring (bicyclic) bond motifs is 1. The van der Waals surface area contributed by atoms with Crippen molar-refractivity contribution in [3.63, 3.8) is 0 Å². The van der Waals surface area contributed by atoms with Crippen molar-refractivity contribution >= 4 is 16.8 Å². The first-order valence-corrected chi connectivity index (χ1v) is 9.73. The molecule has 1 aliphatic rings. The first-order chi connectivity index (χ1) is 13.8. The molecule has 1 amide bonds. The van der Waals surface area contributed by atoms with Gasteiger partial charge in [0.1, 0.15) is 0 Å². The second-order valence-electron chi connectivity index (χ2n) is 7.37. The van der Waals surface area contributed by atoms with Gasteiger partial charge in [-0.2, -0.15) is 0 Å². The summed E-state index contributed by atoms with van der Waals surface area (Å²) in [6.45, 7) is 1.60. The van der Waals surface area contributed by atoms with Crippen molar-refractivity contribution in [1.82, 2.24) is 19.4 Å². The number of hydrogen-bond acceptors (Lipinski definition) is 2. The van der Waals surface area contributed by atoms with Crippen molar-refractivity contribution in [2.75, 3.05) is 13.1 Å². The van der Waals surface area contributed by atoms with Gasteiger partial charge in [-0.3, -0.25) is 4.79 Å². The fraction of sp³-hybridized carbons (Fsp3) is 0.217. The van der Waals surface area contributed by atoms with Crippen molar-refractivity contribution < 1.29 is 4.79 Å². The molecule has 5 nitrogen and oxygen atoms in total. The predicted octanol–water partition coefficient (Wildman–Crippen LogP) is 4.37. The number of carbonyl (C=O) groups is 1. The van der Waals surface area contributed by atoms with Gasteiger partial charge < -0.3 is 14.5 Å². The zero-order valence-corrected chi connectivity index (χ0v) is 15.6. The van der Waals surface area contributed by atoms with E-state index in [1.807, 2.05) is 39.9 Å². The number of rotatable bonds is 3. The van der Waals surface area contributed by atoms with Crippen LogP contribution < -0.4 is 0 Å².